The molecule has 0 radical (unpaired) electrons. The fourth-order valence-electron chi connectivity index (χ4n) is 4.84. The van der Waals surface area contributed by atoms with Gasteiger partial charge < -0.3 is 29.2 Å². The van der Waals surface area contributed by atoms with Crippen LogP contribution in [-0.2, 0) is 19.6 Å². The van der Waals surface area contributed by atoms with Crippen molar-refractivity contribution in [2.75, 3.05) is 60.2 Å². The summed E-state index contributed by atoms with van der Waals surface area (Å²) in [5.41, 5.74) is 1.36. The monoisotopic (exact) mass is 417 g/mol. The van der Waals surface area contributed by atoms with E-state index in [2.05, 4.69) is 39.5 Å². The molecule has 1 aromatic rings. The van der Waals surface area contributed by atoms with E-state index in [0.29, 0.717) is 6.61 Å². The second kappa shape index (κ2) is 9.98. The first kappa shape index (κ1) is 21.4. The molecular formula is C23H35N3O4. The fourth-order valence-corrected chi connectivity index (χ4v) is 4.84. The van der Waals surface area contributed by atoms with Crippen LogP contribution in [0.3, 0.4) is 0 Å². The summed E-state index contributed by atoms with van der Waals surface area (Å²) in [6, 6.07) is 8.48. The molecule has 0 aromatic heterocycles. The highest BCUT2D eigenvalue weighted by Crippen LogP contribution is 2.35. The number of nitrogens with zero attached hydrogens (tertiary/aromatic N) is 2. The van der Waals surface area contributed by atoms with Crippen molar-refractivity contribution in [1.82, 2.24) is 10.2 Å². The molecule has 1 aromatic carbocycles. The van der Waals surface area contributed by atoms with Gasteiger partial charge in [0.25, 0.3) is 0 Å². The average molecular weight is 418 g/mol. The summed E-state index contributed by atoms with van der Waals surface area (Å²) in [5, 5.41) is 3.68. The molecule has 2 unspecified atom stereocenters. The van der Waals surface area contributed by atoms with Crippen molar-refractivity contribution >= 4 is 5.96 Å². The highest BCUT2D eigenvalue weighted by molar-refractivity contribution is 5.80. The number of rotatable bonds is 5. The highest BCUT2D eigenvalue weighted by Gasteiger charge is 2.36. The third-order valence-electron chi connectivity index (χ3n) is 6.72. The number of ether oxygens (including phenoxy) is 4. The summed E-state index contributed by atoms with van der Waals surface area (Å²) < 4.78 is 22.9. The molecule has 0 spiro atoms. The summed E-state index contributed by atoms with van der Waals surface area (Å²) in [6.45, 7) is 5.63. The average Bonchev–Trinajstić information content (AvgIpc) is 3.36. The molecule has 166 valence electrons. The Kier molecular flexibility index (Phi) is 7.12. The molecule has 1 N–H and O–H groups in total. The van der Waals surface area contributed by atoms with E-state index in [-0.39, 0.29) is 17.6 Å². The topological polar surface area (TPSA) is 64.6 Å². The van der Waals surface area contributed by atoms with E-state index < -0.39 is 0 Å². The summed E-state index contributed by atoms with van der Waals surface area (Å²) in [6.07, 6.45) is 4.54. The summed E-state index contributed by atoms with van der Waals surface area (Å²) in [5.74, 6) is 1.83. The normalized spacial score (nSPS) is 27.1. The van der Waals surface area contributed by atoms with Crippen LogP contribution in [0.1, 0.15) is 31.2 Å². The highest BCUT2D eigenvalue weighted by atomic mass is 16.5. The molecule has 2 atom stereocenters. The van der Waals surface area contributed by atoms with Crippen molar-refractivity contribution in [2.45, 2.75) is 43.3 Å². The van der Waals surface area contributed by atoms with Gasteiger partial charge in [0, 0.05) is 51.9 Å². The predicted octanol–water partition coefficient (Wildman–Crippen LogP) is 2.20. The lowest BCUT2D eigenvalue weighted by Crippen LogP contribution is -2.55. The molecule has 4 rings (SSSR count). The van der Waals surface area contributed by atoms with Crippen LogP contribution in [-0.4, -0.2) is 83.3 Å². The van der Waals surface area contributed by atoms with Crippen molar-refractivity contribution in [3.8, 4) is 5.75 Å². The van der Waals surface area contributed by atoms with Crippen molar-refractivity contribution in [2.24, 2.45) is 4.99 Å². The quantitative estimate of drug-likeness (QED) is 0.585. The first-order valence-corrected chi connectivity index (χ1v) is 11.2. The van der Waals surface area contributed by atoms with Crippen LogP contribution >= 0.6 is 0 Å². The van der Waals surface area contributed by atoms with Crippen LogP contribution in [0.25, 0.3) is 0 Å². The largest absolute Gasteiger partial charge is 0.497 e. The van der Waals surface area contributed by atoms with Crippen LogP contribution in [0, 0.1) is 0 Å². The zero-order chi connectivity index (χ0) is 20.8. The second-order valence-corrected chi connectivity index (χ2v) is 8.43. The second-order valence-electron chi connectivity index (χ2n) is 8.43. The van der Waals surface area contributed by atoms with E-state index in [9.17, 15) is 0 Å². The predicted molar refractivity (Wildman–Crippen MR) is 116 cm³/mol. The van der Waals surface area contributed by atoms with Gasteiger partial charge >= 0.3 is 0 Å². The Bertz CT molecular complexity index is 697. The van der Waals surface area contributed by atoms with E-state index in [1.165, 1.54) is 5.56 Å². The molecule has 7 heteroatoms. The summed E-state index contributed by atoms with van der Waals surface area (Å²) in [4.78, 5) is 6.91. The lowest BCUT2D eigenvalue weighted by Gasteiger charge is -2.41. The number of morpholine rings is 1. The molecular weight excluding hydrogens is 382 g/mol. The number of hydrogen-bond donors (Lipinski definition) is 1. The molecule has 3 fully saturated rings. The SMILES string of the molecule is CN=C(NCC1(c2ccc(OC)cc2)CCOCC1)N1CCOC(C2CCCO2)C1. The number of nitrogens with one attached hydrogen (secondary N) is 1. The van der Waals surface area contributed by atoms with Gasteiger partial charge in [-0.25, -0.2) is 0 Å². The third kappa shape index (κ3) is 4.74. The van der Waals surface area contributed by atoms with E-state index in [1.54, 1.807) is 7.11 Å². The third-order valence-corrected chi connectivity index (χ3v) is 6.72. The lowest BCUT2D eigenvalue weighted by atomic mass is 9.74. The molecule has 3 heterocycles. The summed E-state index contributed by atoms with van der Waals surface area (Å²) >= 11 is 0. The van der Waals surface area contributed by atoms with Gasteiger partial charge in [-0.15, -0.1) is 0 Å². The molecule has 0 bridgehead atoms. The maximum absolute atomic E-state index is 6.01. The van der Waals surface area contributed by atoms with E-state index >= 15 is 0 Å². The number of methoxy groups -OCH3 is 1. The standard InChI is InChI=1S/C23H35N3O4/c1-24-22(26-11-15-30-21(16-26)20-4-3-12-29-20)25-17-23(9-13-28-14-10-23)18-5-7-19(27-2)8-6-18/h5-8,20-21H,3-4,9-17H2,1-2H3,(H,24,25). The lowest BCUT2D eigenvalue weighted by molar-refractivity contribution is -0.0817. The summed E-state index contributed by atoms with van der Waals surface area (Å²) in [7, 11) is 3.57. The molecule has 3 aliphatic heterocycles. The van der Waals surface area contributed by atoms with Crippen LogP contribution in [0.4, 0.5) is 0 Å². The Labute approximate surface area is 179 Å². The van der Waals surface area contributed by atoms with Crippen LogP contribution in [0.5, 0.6) is 5.75 Å². The van der Waals surface area contributed by atoms with E-state index in [1.807, 2.05) is 7.05 Å². The van der Waals surface area contributed by atoms with Gasteiger partial charge in [-0.1, -0.05) is 12.1 Å². The van der Waals surface area contributed by atoms with Gasteiger partial charge in [-0.2, -0.15) is 0 Å². The molecule has 7 nitrogen and oxygen atoms in total. The van der Waals surface area contributed by atoms with Crippen molar-refractivity contribution in [1.29, 1.82) is 0 Å². The molecule has 30 heavy (non-hydrogen) atoms. The maximum atomic E-state index is 6.01. The van der Waals surface area contributed by atoms with Gasteiger partial charge in [0.15, 0.2) is 5.96 Å². The zero-order valence-electron chi connectivity index (χ0n) is 18.3. The van der Waals surface area contributed by atoms with Crippen LogP contribution < -0.4 is 10.1 Å². The zero-order valence-corrected chi connectivity index (χ0v) is 18.3. The fraction of sp³-hybridized carbons (Fsp3) is 0.696. The number of guanidine groups is 1. The van der Waals surface area contributed by atoms with Crippen LogP contribution in [0.2, 0.25) is 0 Å². The minimum Gasteiger partial charge on any atom is -0.497 e. The van der Waals surface area contributed by atoms with Gasteiger partial charge in [0.1, 0.15) is 11.9 Å². The molecule has 0 amide bonds. The number of aliphatic imine (C=N–C) groups is 1. The Morgan fingerprint density at radius 1 is 1.13 bits per heavy atom. The Morgan fingerprint density at radius 3 is 2.57 bits per heavy atom. The van der Waals surface area contributed by atoms with Gasteiger partial charge in [-0.3, -0.25) is 4.99 Å². The van der Waals surface area contributed by atoms with Gasteiger partial charge in [0.05, 0.1) is 19.8 Å². The van der Waals surface area contributed by atoms with Crippen molar-refractivity contribution in [3.05, 3.63) is 29.8 Å². The van der Waals surface area contributed by atoms with Crippen molar-refractivity contribution in [3.63, 3.8) is 0 Å². The van der Waals surface area contributed by atoms with Gasteiger partial charge in [-0.05, 0) is 43.4 Å². The number of benzene rings is 1. The Balaban J connectivity index is 1.43. The van der Waals surface area contributed by atoms with Crippen LogP contribution in [0.15, 0.2) is 29.3 Å². The molecule has 3 saturated heterocycles. The van der Waals surface area contributed by atoms with E-state index in [4.69, 9.17) is 18.9 Å². The first-order chi connectivity index (χ1) is 14.7. The minimum atomic E-state index is 0.0285. The first-order valence-electron chi connectivity index (χ1n) is 11.2. The van der Waals surface area contributed by atoms with Crippen molar-refractivity contribution < 1.29 is 18.9 Å². The maximum Gasteiger partial charge on any atom is 0.193 e. The van der Waals surface area contributed by atoms with Gasteiger partial charge in [0.2, 0.25) is 0 Å². The Hall–Kier alpha value is -1.83. The number of hydrogen-bond acceptors (Lipinski definition) is 5. The molecule has 0 saturated carbocycles. The van der Waals surface area contributed by atoms with E-state index in [0.717, 1.165) is 76.8 Å². The molecule has 3 aliphatic rings. The molecule has 0 aliphatic carbocycles. The Morgan fingerprint density at radius 2 is 1.90 bits per heavy atom. The smallest absolute Gasteiger partial charge is 0.193 e. The minimum absolute atomic E-state index is 0.0285.